The smallest absolute Gasteiger partial charge is 0.222 e. The predicted octanol–water partition coefficient (Wildman–Crippen LogP) is 1.98. The number of ether oxygens (including phenoxy) is 1. The maximum Gasteiger partial charge on any atom is 0.222 e. The van der Waals surface area contributed by atoms with Gasteiger partial charge >= 0.3 is 0 Å². The van der Waals surface area contributed by atoms with Gasteiger partial charge in [0.15, 0.2) is 0 Å². The van der Waals surface area contributed by atoms with Gasteiger partial charge in [-0.1, -0.05) is 11.6 Å². The molecule has 5 heteroatoms. The molecule has 0 radical (unpaired) electrons. The summed E-state index contributed by atoms with van der Waals surface area (Å²) in [5.41, 5.74) is 0. The Morgan fingerprint density at radius 1 is 1.59 bits per heavy atom. The molecule has 4 nitrogen and oxygen atoms in total. The van der Waals surface area contributed by atoms with Crippen LogP contribution in [0.25, 0.3) is 0 Å². The van der Waals surface area contributed by atoms with E-state index in [9.17, 15) is 4.79 Å². The second-order valence-corrected chi connectivity index (χ2v) is 4.74. The second-order valence-electron chi connectivity index (χ2n) is 4.30. The van der Waals surface area contributed by atoms with Gasteiger partial charge in [0.1, 0.15) is 0 Å². The van der Waals surface area contributed by atoms with Gasteiger partial charge in [0.25, 0.3) is 0 Å². The van der Waals surface area contributed by atoms with Crippen molar-refractivity contribution in [2.24, 2.45) is 5.92 Å². The SMILES string of the molecule is CN1CC(COc2ccc(Cl)cn2)CCC1=O. The van der Waals surface area contributed by atoms with E-state index in [1.54, 1.807) is 23.2 Å². The van der Waals surface area contributed by atoms with E-state index < -0.39 is 0 Å². The van der Waals surface area contributed by atoms with E-state index in [1.165, 1.54) is 0 Å². The highest BCUT2D eigenvalue weighted by Crippen LogP contribution is 2.18. The first-order valence-electron chi connectivity index (χ1n) is 5.63. The largest absolute Gasteiger partial charge is 0.477 e. The van der Waals surface area contributed by atoms with E-state index >= 15 is 0 Å². The van der Waals surface area contributed by atoms with Gasteiger partial charge in [0, 0.05) is 38.2 Å². The van der Waals surface area contributed by atoms with Crippen LogP contribution in [0, 0.1) is 5.92 Å². The Morgan fingerprint density at radius 3 is 3.06 bits per heavy atom. The van der Waals surface area contributed by atoms with Gasteiger partial charge in [-0.3, -0.25) is 4.79 Å². The molecular formula is C12H15ClN2O2. The van der Waals surface area contributed by atoms with Crippen LogP contribution in [0.5, 0.6) is 5.88 Å². The van der Waals surface area contributed by atoms with Crippen molar-refractivity contribution in [3.8, 4) is 5.88 Å². The first-order chi connectivity index (χ1) is 8.15. The van der Waals surface area contributed by atoms with Crippen LogP contribution in [-0.2, 0) is 4.79 Å². The minimum atomic E-state index is 0.214. The summed E-state index contributed by atoms with van der Waals surface area (Å²) >= 11 is 5.73. The molecule has 0 bridgehead atoms. The second kappa shape index (κ2) is 5.36. The monoisotopic (exact) mass is 254 g/mol. The van der Waals surface area contributed by atoms with E-state index in [0.29, 0.717) is 29.8 Å². The Hall–Kier alpha value is -1.29. The van der Waals surface area contributed by atoms with E-state index in [2.05, 4.69) is 4.98 Å². The molecular weight excluding hydrogens is 240 g/mol. The zero-order valence-corrected chi connectivity index (χ0v) is 10.5. The quantitative estimate of drug-likeness (QED) is 0.828. The summed E-state index contributed by atoms with van der Waals surface area (Å²) in [7, 11) is 1.83. The summed E-state index contributed by atoms with van der Waals surface area (Å²) in [6.45, 7) is 1.35. The van der Waals surface area contributed by atoms with Crippen molar-refractivity contribution in [2.45, 2.75) is 12.8 Å². The number of rotatable bonds is 3. The zero-order valence-electron chi connectivity index (χ0n) is 9.73. The number of nitrogens with zero attached hydrogens (tertiary/aromatic N) is 2. The highest BCUT2D eigenvalue weighted by Gasteiger charge is 2.23. The maximum absolute atomic E-state index is 11.3. The van der Waals surface area contributed by atoms with Crippen LogP contribution in [0.15, 0.2) is 18.3 Å². The average molecular weight is 255 g/mol. The summed E-state index contributed by atoms with van der Waals surface area (Å²) in [6.07, 6.45) is 3.06. The van der Waals surface area contributed by atoms with Crippen LogP contribution >= 0.6 is 11.6 Å². The molecule has 0 aromatic carbocycles. The van der Waals surface area contributed by atoms with Crippen molar-refractivity contribution in [1.29, 1.82) is 0 Å². The Morgan fingerprint density at radius 2 is 2.41 bits per heavy atom. The zero-order chi connectivity index (χ0) is 12.3. The third-order valence-electron chi connectivity index (χ3n) is 2.89. The van der Waals surface area contributed by atoms with Crippen molar-refractivity contribution in [2.75, 3.05) is 20.2 Å². The van der Waals surface area contributed by atoms with Crippen LogP contribution in [0.1, 0.15) is 12.8 Å². The number of likely N-dealkylation sites (tertiary alicyclic amines) is 1. The van der Waals surface area contributed by atoms with Crippen molar-refractivity contribution >= 4 is 17.5 Å². The minimum Gasteiger partial charge on any atom is -0.477 e. The van der Waals surface area contributed by atoms with Crippen molar-refractivity contribution < 1.29 is 9.53 Å². The standard InChI is InChI=1S/C12H15ClN2O2/c1-15-7-9(2-5-12(15)16)8-17-11-4-3-10(13)6-14-11/h3-4,6,9H,2,5,7-8H2,1H3. The molecule has 2 rings (SSSR count). The van der Waals surface area contributed by atoms with Gasteiger partial charge < -0.3 is 9.64 Å². The molecule has 1 saturated heterocycles. The summed E-state index contributed by atoms with van der Waals surface area (Å²) in [4.78, 5) is 17.1. The number of pyridine rings is 1. The molecule has 0 N–H and O–H groups in total. The van der Waals surface area contributed by atoms with E-state index in [1.807, 2.05) is 7.05 Å². The van der Waals surface area contributed by atoms with Crippen molar-refractivity contribution in [3.05, 3.63) is 23.4 Å². The van der Waals surface area contributed by atoms with E-state index in [0.717, 1.165) is 13.0 Å². The number of hydrogen-bond donors (Lipinski definition) is 0. The van der Waals surface area contributed by atoms with Gasteiger partial charge in [-0.15, -0.1) is 0 Å². The summed E-state index contributed by atoms with van der Waals surface area (Å²) in [5, 5.41) is 0.598. The van der Waals surface area contributed by atoms with Crippen LogP contribution in [-0.4, -0.2) is 36.0 Å². The fourth-order valence-corrected chi connectivity index (χ4v) is 2.00. The fraction of sp³-hybridized carbons (Fsp3) is 0.500. The lowest BCUT2D eigenvalue weighted by atomic mass is 9.99. The summed E-state index contributed by atoms with van der Waals surface area (Å²) < 4.78 is 5.58. The Balaban J connectivity index is 1.82. The molecule has 0 spiro atoms. The average Bonchev–Trinajstić information content (AvgIpc) is 2.33. The normalized spacial score (nSPS) is 20.5. The van der Waals surface area contributed by atoms with Crippen molar-refractivity contribution in [3.63, 3.8) is 0 Å². The number of carbonyl (C=O) groups is 1. The number of aromatic nitrogens is 1. The maximum atomic E-state index is 11.3. The predicted molar refractivity (Wildman–Crippen MR) is 65.1 cm³/mol. The van der Waals surface area contributed by atoms with Crippen LogP contribution in [0.2, 0.25) is 5.02 Å². The molecule has 0 aliphatic carbocycles. The highest BCUT2D eigenvalue weighted by molar-refractivity contribution is 6.30. The number of amides is 1. The Bertz CT molecular complexity index is 394. The summed E-state index contributed by atoms with van der Waals surface area (Å²) in [6, 6.07) is 3.50. The number of carbonyl (C=O) groups excluding carboxylic acids is 1. The fourth-order valence-electron chi connectivity index (χ4n) is 1.89. The Kier molecular flexibility index (Phi) is 3.84. The van der Waals surface area contributed by atoms with Gasteiger partial charge in [0.2, 0.25) is 11.8 Å². The van der Waals surface area contributed by atoms with Gasteiger partial charge in [-0.2, -0.15) is 0 Å². The first kappa shape index (κ1) is 12.2. The molecule has 1 aliphatic rings. The van der Waals surface area contributed by atoms with E-state index in [4.69, 9.17) is 16.3 Å². The molecule has 0 saturated carbocycles. The third-order valence-corrected chi connectivity index (χ3v) is 3.12. The lowest BCUT2D eigenvalue weighted by molar-refractivity contribution is -0.133. The minimum absolute atomic E-state index is 0.214. The molecule has 1 aromatic heterocycles. The van der Waals surface area contributed by atoms with E-state index in [-0.39, 0.29) is 5.91 Å². The molecule has 1 aliphatic heterocycles. The van der Waals surface area contributed by atoms with Gasteiger partial charge in [-0.25, -0.2) is 4.98 Å². The molecule has 1 amide bonds. The molecule has 17 heavy (non-hydrogen) atoms. The lowest BCUT2D eigenvalue weighted by Gasteiger charge is -2.29. The number of halogens is 1. The van der Waals surface area contributed by atoms with Crippen molar-refractivity contribution in [1.82, 2.24) is 9.88 Å². The summed E-state index contributed by atoms with van der Waals surface area (Å²) in [5.74, 6) is 1.18. The topological polar surface area (TPSA) is 42.4 Å². The molecule has 1 aromatic rings. The molecule has 2 heterocycles. The third kappa shape index (κ3) is 3.33. The number of piperidine rings is 1. The molecule has 1 fully saturated rings. The lowest BCUT2D eigenvalue weighted by Crippen LogP contribution is -2.38. The van der Waals surface area contributed by atoms with Crippen LogP contribution in [0.3, 0.4) is 0 Å². The van der Waals surface area contributed by atoms with Gasteiger partial charge in [-0.05, 0) is 12.5 Å². The Labute approximate surface area is 106 Å². The van der Waals surface area contributed by atoms with Crippen LogP contribution in [0.4, 0.5) is 0 Å². The molecule has 1 atom stereocenters. The first-order valence-corrected chi connectivity index (χ1v) is 6.01. The van der Waals surface area contributed by atoms with Gasteiger partial charge in [0.05, 0.1) is 11.6 Å². The molecule has 1 unspecified atom stereocenters. The van der Waals surface area contributed by atoms with Crippen LogP contribution < -0.4 is 4.74 Å². The molecule has 92 valence electrons. The number of hydrogen-bond acceptors (Lipinski definition) is 3. The highest BCUT2D eigenvalue weighted by atomic mass is 35.5.